The van der Waals surface area contributed by atoms with Gasteiger partial charge in [-0.1, -0.05) is 11.6 Å². The summed E-state index contributed by atoms with van der Waals surface area (Å²) in [5.41, 5.74) is 0.182. The fourth-order valence-corrected chi connectivity index (χ4v) is 2.25. The molecule has 0 saturated heterocycles. The molecule has 0 radical (unpaired) electrons. The van der Waals surface area contributed by atoms with Gasteiger partial charge in [0.2, 0.25) is 0 Å². The molecule has 0 amide bonds. The number of rotatable bonds is 6. The summed E-state index contributed by atoms with van der Waals surface area (Å²) in [5.74, 6) is 0.848. The van der Waals surface area contributed by atoms with Crippen molar-refractivity contribution in [3.05, 3.63) is 16.5 Å². The Morgan fingerprint density at radius 2 is 2.06 bits per heavy atom. The van der Waals surface area contributed by atoms with Crippen LogP contribution in [0.3, 0.4) is 0 Å². The lowest BCUT2D eigenvalue weighted by Crippen LogP contribution is -2.12. The van der Waals surface area contributed by atoms with Gasteiger partial charge in [-0.25, -0.2) is 18.4 Å². The molecule has 0 aliphatic heterocycles. The van der Waals surface area contributed by atoms with E-state index in [4.69, 9.17) is 11.6 Å². The first kappa shape index (κ1) is 14.8. The van der Waals surface area contributed by atoms with Gasteiger partial charge in [0.05, 0.1) is 11.3 Å². The van der Waals surface area contributed by atoms with Crippen molar-refractivity contribution >= 4 is 33.5 Å². The number of hydrogen-bond donors (Lipinski definition) is 1. The van der Waals surface area contributed by atoms with Crippen molar-refractivity contribution in [1.82, 2.24) is 9.97 Å². The van der Waals surface area contributed by atoms with Crippen LogP contribution < -0.4 is 5.32 Å². The second-order valence-electron chi connectivity index (χ2n) is 3.85. The molecule has 0 saturated carbocycles. The number of nitrogens with one attached hydrogen (secondary N) is 1. The summed E-state index contributed by atoms with van der Waals surface area (Å²) in [6.45, 7) is 2.04. The van der Waals surface area contributed by atoms with E-state index < -0.39 is 9.84 Å². The molecule has 0 atom stereocenters. The highest BCUT2D eigenvalue weighted by molar-refractivity contribution is 7.90. The zero-order chi connectivity index (χ0) is 13.8. The van der Waals surface area contributed by atoms with Gasteiger partial charge in [0.25, 0.3) is 0 Å². The molecule has 0 bridgehead atoms. The maximum atomic E-state index is 10.9. The fourth-order valence-electron chi connectivity index (χ4n) is 1.33. The van der Waals surface area contributed by atoms with Crippen molar-refractivity contribution in [1.29, 1.82) is 0 Å². The van der Waals surface area contributed by atoms with Crippen LogP contribution in [-0.2, 0) is 9.84 Å². The number of sulfone groups is 1. The highest BCUT2D eigenvalue weighted by Crippen LogP contribution is 2.18. The highest BCUT2D eigenvalue weighted by Gasteiger charge is 2.10. The van der Waals surface area contributed by atoms with E-state index in [2.05, 4.69) is 15.3 Å². The molecule has 0 spiro atoms. The van der Waals surface area contributed by atoms with Gasteiger partial charge in [-0.3, -0.25) is 4.79 Å². The van der Waals surface area contributed by atoms with Crippen LogP contribution >= 0.6 is 11.6 Å². The molecule has 0 fully saturated rings. The van der Waals surface area contributed by atoms with Gasteiger partial charge < -0.3 is 5.32 Å². The second-order valence-corrected chi connectivity index (χ2v) is 6.47. The van der Waals surface area contributed by atoms with Crippen LogP contribution in [-0.4, -0.2) is 43.2 Å². The fraction of sp³-hybridized carbons (Fsp3) is 0.500. The van der Waals surface area contributed by atoms with Gasteiger partial charge in [0.1, 0.15) is 26.6 Å². The molecule has 1 rings (SSSR count). The Hall–Kier alpha value is -1.21. The molecule has 1 N–H and O–H groups in total. The van der Waals surface area contributed by atoms with Crippen LogP contribution in [0.4, 0.5) is 5.82 Å². The molecule has 1 heterocycles. The van der Waals surface area contributed by atoms with Crippen molar-refractivity contribution < 1.29 is 13.2 Å². The molecule has 18 heavy (non-hydrogen) atoms. The Labute approximate surface area is 111 Å². The van der Waals surface area contributed by atoms with E-state index in [-0.39, 0.29) is 16.5 Å². The SMILES string of the molecule is Cc1nc(Cl)c(C=O)c(NCCCS(C)(=O)=O)n1. The Kier molecular flexibility index (Phi) is 5.03. The van der Waals surface area contributed by atoms with Crippen molar-refractivity contribution in [2.45, 2.75) is 13.3 Å². The van der Waals surface area contributed by atoms with Gasteiger partial charge in [-0.15, -0.1) is 0 Å². The largest absolute Gasteiger partial charge is 0.369 e. The van der Waals surface area contributed by atoms with Crippen LogP contribution in [0.5, 0.6) is 0 Å². The van der Waals surface area contributed by atoms with E-state index in [1.165, 1.54) is 6.26 Å². The molecule has 6 nitrogen and oxygen atoms in total. The van der Waals surface area contributed by atoms with Crippen LogP contribution in [0.15, 0.2) is 0 Å². The minimum absolute atomic E-state index is 0.0776. The number of aryl methyl sites for hydroxylation is 1. The summed E-state index contributed by atoms with van der Waals surface area (Å²) in [4.78, 5) is 18.8. The zero-order valence-electron chi connectivity index (χ0n) is 10.1. The van der Waals surface area contributed by atoms with Crippen LogP contribution in [0, 0.1) is 6.92 Å². The average molecular weight is 292 g/mol. The Bertz CT molecular complexity index is 546. The predicted octanol–water partition coefficient (Wildman–Crippen LogP) is 1.10. The van der Waals surface area contributed by atoms with Crippen molar-refractivity contribution in [2.24, 2.45) is 0 Å². The Morgan fingerprint density at radius 1 is 1.39 bits per heavy atom. The summed E-state index contributed by atoms with van der Waals surface area (Å²) < 4.78 is 21.9. The van der Waals surface area contributed by atoms with E-state index in [9.17, 15) is 13.2 Å². The molecule has 0 aliphatic rings. The summed E-state index contributed by atoms with van der Waals surface area (Å²) in [5, 5.41) is 2.97. The lowest BCUT2D eigenvalue weighted by molar-refractivity contribution is 0.112. The van der Waals surface area contributed by atoms with E-state index in [1.54, 1.807) is 6.92 Å². The molecule has 1 aromatic heterocycles. The zero-order valence-corrected chi connectivity index (χ0v) is 11.7. The summed E-state index contributed by atoms with van der Waals surface area (Å²) >= 11 is 5.80. The van der Waals surface area contributed by atoms with Gasteiger partial charge in [0, 0.05) is 12.8 Å². The van der Waals surface area contributed by atoms with Gasteiger partial charge in [0.15, 0.2) is 6.29 Å². The number of nitrogens with zero attached hydrogens (tertiary/aromatic N) is 2. The molecular formula is C10H14ClN3O3S. The van der Waals surface area contributed by atoms with Crippen molar-refractivity contribution in [3.63, 3.8) is 0 Å². The van der Waals surface area contributed by atoms with Crippen LogP contribution in [0.1, 0.15) is 22.6 Å². The number of halogens is 1. The first-order valence-corrected chi connectivity index (χ1v) is 7.68. The lowest BCUT2D eigenvalue weighted by atomic mass is 10.3. The number of aromatic nitrogens is 2. The van der Waals surface area contributed by atoms with Crippen LogP contribution in [0.25, 0.3) is 0 Å². The third kappa shape index (κ3) is 4.58. The quantitative estimate of drug-likeness (QED) is 0.479. The standard InChI is InChI=1S/C10H14ClN3O3S/c1-7-13-9(11)8(6-15)10(14-7)12-4-3-5-18(2,16)17/h6H,3-5H2,1-2H3,(H,12,13,14). The van der Waals surface area contributed by atoms with E-state index in [0.717, 1.165) is 0 Å². The third-order valence-corrected chi connectivity index (χ3v) is 3.43. The molecule has 0 unspecified atom stereocenters. The highest BCUT2D eigenvalue weighted by atomic mass is 35.5. The van der Waals surface area contributed by atoms with Crippen LogP contribution in [0.2, 0.25) is 5.15 Å². The van der Waals surface area contributed by atoms with E-state index in [1.807, 2.05) is 0 Å². The maximum Gasteiger partial charge on any atom is 0.156 e. The topological polar surface area (TPSA) is 89.0 Å². The lowest BCUT2D eigenvalue weighted by Gasteiger charge is -2.09. The number of carbonyl (C=O) groups is 1. The number of anilines is 1. The molecule has 1 aromatic rings. The molecule has 0 aliphatic carbocycles. The molecule has 8 heteroatoms. The predicted molar refractivity (Wildman–Crippen MR) is 70.0 cm³/mol. The minimum Gasteiger partial charge on any atom is -0.369 e. The molecular weight excluding hydrogens is 278 g/mol. The molecule has 0 aromatic carbocycles. The smallest absolute Gasteiger partial charge is 0.156 e. The second kappa shape index (κ2) is 6.10. The summed E-state index contributed by atoms with van der Waals surface area (Å²) in [6, 6.07) is 0. The number of aldehydes is 1. The number of hydrogen-bond acceptors (Lipinski definition) is 6. The summed E-state index contributed by atoms with van der Waals surface area (Å²) in [6.07, 6.45) is 2.17. The van der Waals surface area contributed by atoms with E-state index >= 15 is 0 Å². The monoisotopic (exact) mass is 291 g/mol. The Morgan fingerprint density at radius 3 is 2.61 bits per heavy atom. The van der Waals surface area contributed by atoms with Crippen molar-refractivity contribution in [3.8, 4) is 0 Å². The van der Waals surface area contributed by atoms with Crippen molar-refractivity contribution in [2.75, 3.05) is 23.9 Å². The third-order valence-electron chi connectivity index (χ3n) is 2.11. The van der Waals surface area contributed by atoms with E-state index in [0.29, 0.717) is 30.9 Å². The number of carbonyl (C=O) groups excluding carboxylic acids is 1. The normalized spacial score (nSPS) is 11.3. The van der Waals surface area contributed by atoms with Gasteiger partial charge in [-0.05, 0) is 13.3 Å². The minimum atomic E-state index is -2.98. The van der Waals surface area contributed by atoms with Gasteiger partial charge >= 0.3 is 0 Å². The first-order chi connectivity index (χ1) is 8.33. The summed E-state index contributed by atoms with van der Waals surface area (Å²) in [7, 11) is -2.98. The van der Waals surface area contributed by atoms with Gasteiger partial charge in [-0.2, -0.15) is 0 Å². The Balaban J connectivity index is 2.70. The molecule has 100 valence electrons. The maximum absolute atomic E-state index is 10.9. The average Bonchev–Trinajstić information content (AvgIpc) is 2.22. The first-order valence-electron chi connectivity index (χ1n) is 5.24.